The van der Waals surface area contributed by atoms with Crippen LogP contribution in [0.1, 0.15) is 71.2 Å². The molecule has 1 heterocycles. The summed E-state index contributed by atoms with van der Waals surface area (Å²) in [6, 6.07) is 2.62. The minimum Gasteiger partial charge on any atom is -0.314 e. The van der Waals surface area contributed by atoms with Crippen LogP contribution in [0.15, 0.2) is 12.4 Å². The molecule has 1 aromatic heterocycles. The van der Waals surface area contributed by atoms with E-state index in [1.807, 2.05) is 0 Å². The van der Waals surface area contributed by atoms with Crippen molar-refractivity contribution in [2.75, 3.05) is 6.54 Å². The first kappa shape index (κ1) is 16.1. The normalized spacial score (nSPS) is 14.9. The topological polar surface area (TPSA) is 37.8 Å². The highest BCUT2D eigenvalue weighted by atomic mass is 14.9. The number of nitrogens with zero attached hydrogens (tertiary/aromatic N) is 2. The number of nitrogens with one attached hydrogen (secondary N) is 1. The van der Waals surface area contributed by atoms with Crippen molar-refractivity contribution < 1.29 is 0 Å². The SMILES string of the molecule is CCCNC(C)C(c1cc(C(C)C)ncn1)C(C)C. The van der Waals surface area contributed by atoms with Gasteiger partial charge in [-0.25, -0.2) is 9.97 Å². The van der Waals surface area contributed by atoms with E-state index in [0.717, 1.165) is 18.7 Å². The van der Waals surface area contributed by atoms with E-state index in [2.05, 4.69) is 62.9 Å². The number of aromatic nitrogens is 2. The summed E-state index contributed by atoms with van der Waals surface area (Å²) < 4.78 is 0. The summed E-state index contributed by atoms with van der Waals surface area (Å²) in [5, 5.41) is 3.60. The van der Waals surface area contributed by atoms with Crippen LogP contribution >= 0.6 is 0 Å². The third-order valence-corrected chi connectivity index (χ3v) is 3.62. The Bertz CT molecular complexity index is 374. The first-order valence-corrected chi connectivity index (χ1v) is 7.52. The molecule has 0 radical (unpaired) electrons. The highest BCUT2D eigenvalue weighted by molar-refractivity contribution is 5.17. The van der Waals surface area contributed by atoms with Crippen molar-refractivity contribution in [1.29, 1.82) is 0 Å². The zero-order valence-corrected chi connectivity index (χ0v) is 13.3. The van der Waals surface area contributed by atoms with E-state index >= 15 is 0 Å². The molecule has 2 unspecified atom stereocenters. The van der Waals surface area contributed by atoms with E-state index in [4.69, 9.17) is 0 Å². The van der Waals surface area contributed by atoms with Gasteiger partial charge < -0.3 is 5.32 Å². The van der Waals surface area contributed by atoms with Gasteiger partial charge in [-0.1, -0.05) is 34.6 Å². The predicted octanol–water partition coefficient (Wildman–Crippen LogP) is 3.73. The molecule has 0 bridgehead atoms. The summed E-state index contributed by atoms with van der Waals surface area (Å²) in [6.07, 6.45) is 2.88. The lowest BCUT2D eigenvalue weighted by Crippen LogP contribution is -2.35. The van der Waals surface area contributed by atoms with E-state index in [1.165, 1.54) is 5.69 Å². The van der Waals surface area contributed by atoms with Gasteiger partial charge in [0.25, 0.3) is 0 Å². The highest BCUT2D eigenvalue weighted by Crippen LogP contribution is 2.27. The van der Waals surface area contributed by atoms with Crippen molar-refractivity contribution in [2.24, 2.45) is 5.92 Å². The minimum atomic E-state index is 0.437. The van der Waals surface area contributed by atoms with Crippen LogP contribution in [0.25, 0.3) is 0 Å². The molecule has 0 fully saturated rings. The third-order valence-electron chi connectivity index (χ3n) is 3.62. The first-order valence-electron chi connectivity index (χ1n) is 7.52. The molecule has 0 aliphatic carbocycles. The second kappa shape index (κ2) is 7.59. The van der Waals surface area contributed by atoms with E-state index in [-0.39, 0.29) is 0 Å². The van der Waals surface area contributed by atoms with Crippen LogP contribution in [0.5, 0.6) is 0 Å². The van der Waals surface area contributed by atoms with Gasteiger partial charge in [0.15, 0.2) is 0 Å². The minimum absolute atomic E-state index is 0.437. The molecule has 0 spiro atoms. The van der Waals surface area contributed by atoms with Crippen LogP contribution in [0, 0.1) is 5.92 Å². The Labute approximate surface area is 118 Å². The van der Waals surface area contributed by atoms with Gasteiger partial charge >= 0.3 is 0 Å². The molecule has 1 aromatic rings. The van der Waals surface area contributed by atoms with E-state index in [9.17, 15) is 0 Å². The Morgan fingerprint density at radius 3 is 2.21 bits per heavy atom. The lowest BCUT2D eigenvalue weighted by Gasteiger charge is -2.28. The average Bonchev–Trinajstić information content (AvgIpc) is 2.36. The highest BCUT2D eigenvalue weighted by Gasteiger charge is 2.24. The Balaban J connectivity index is 2.95. The summed E-state index contributed by atoms with van der Waals surface area (Å²) in [5.41, 5.74) is 2.31. The van der Waals surface area contributed by atoms with Crippen LogP contribution < -0.4 is 5.32 Å². The largest absolute Gasteiger partial charge is 0.314 e. The molecule has 0 saturated carbocycles. The quantitative estimate of drug-likeness (QED) is 0.814. The van der Waals surface area contributed by atoms with E-state index < -0.39 is 0 Å². The fraction of sp³-hybridized carbons (Fsp3) is 0.750. The van der Waals surface area contributed by atoms with E-state index in [0.29, 0.717) is 23.8 Å². The average molecular weight is 263 g/mol. The molecule has 0 aliphatic heterocycles. The molecular weight excluding hydrogens is 234 g/mol. The van der Waals surface area contributed by atoms with Gasteiger partial charge in [-0.3, -0.25) is 0 Å². The number of hydrogen-bond acceptors (Lipinski definition) is 3. The van der Waals surface area contributed by atoms with Gasteiger partial charge in [-0.15, -0.1) is 0 Å². The smallest absolute Gasteiger partial charge is 0.115 e. The van der Waals surface area contributed by atoms with Gasteiger partial charge in [0.1, 0.15) is 6.33 Å². The van der Waals surface area contributed by atoms with Gasteiger partial charge in [-0.05, 0) is 37.8 Å². The molecule has 1 N–H and O–H groups in total. The summed E-state index contributed by atoms with van der Waals surface area (Å²) in [6.45, 7) is 14.4. The maximum atomic E-state index is 4.52. The molecule has 2 atom stereocenters. The zero-order chi connectivity index (χ0) is 14.4. The fourth-order valence-electron chi connectivity index (χ4n) is 2.56. The molecule has 0 aromatic carbocycles. The van der Waals surface area contributed by atoms with Crippen LogP contribution in [0.4, 0.5) is 0 Å². The molecule has 108 valence electrons. The lowest BCUT2D eigenvalue weighted by atomic mass is 9.85. The molecular formula is C16H29N3. The standard InChI is InChI=1S/C16H29N3/c1-7-8-17-13(6)16(12(4)5)15-9-14(11(2)3)18-10-19-15/h9-13,16-17H,7-8H2,1-6H3. The fourth-order valence-corrected chi connectivity index (χ4v) is 2.56. The third kappa shape index (κ3) is 4.57. The summed E-state index contributed by atoms with van der Waals surface area (Å²) >= 11 is 0. The van der Waals surface area contributed by atoms with Crippen molar-refractivity contribution in [3.8, 4) is 0 Å². The maximum Gasteiger partial charge on any atom is 0.115 e. The molecule has 19 heavy (non-hydrogen) atoms. The zero-order valence-electron chi connectivity index (χ0n) is 13.3. The number of rotatable bonds is 7. The Morgan fingerprint density at radius 2 is 1.68 bits per heavy atom. The molecule has 3 heteroatoms. The molecule has 3 nitrogen and oxygen atoms in total. The second-order valence-corrected chi connectivity index (χ2v) is 6.04. The first-order chi connectivity index (χ1) is 8.97. The summed E-state index contributed by atoms with van der Waals surface area (Å²) in [5.74, 6) is 1.45. The van der Waals surface area contributed by atoms with Crippen LogP contribution in [0.3, 0.4) is 0 Å². The van der Waals surface area contributed by atoms with E-state index in [1.54, 1.807) is 6.33 Å². The predicted molar refractivity (Wildman–Crippen MR) is 81.5 cm³/mol. The van der Waals surface area contributed by atoms with Gasteiger partial charge in [-0.2, -0.15) is 0 Å². The Hall–Kier alpha value is -0.960. The maximum absolute atomic E-state index is 4.52. The summed E-state index contributed by atoms with van der Waals surface area (Å²) in [4.78, 5) is 8.89. The Morgan fingerprint density at radius 1 is 1.05 bits per heavy atom. The molecule has 0 amide bonds. The van der Waals surface area contributed by atoms with Gasteiger partial charge in [0.05, 0.1) is 0 Å². The van der Waals surface area contributed by atoms with Gasteiger partial charge in [0.2, 0.25) is 0 Å². The van der Waals surface area contributed by atoms with Crippen molar-refractivity contribution >= 4 is 0 Å². The van der Waals surface area contributed by atoms with Gasteiger partial charge in [0, 0.05) is 23.3 Å². The molecule has 1 rings (SSSR count). The van der Waals surface area contributed by atoms with Crippen molar-refractivity contribution in [1.82, 2.24) is 15.3 Å². The lowest BCUT2D eigenvalue weighted by molar-refractivity contribution is 0.370. The van der Waals surface area contributed by atoms with Crippen LogP contribution in [0.2, 0.25) is 0 Å². The second-order valence-electron chi connectivity index (χ2n) is 6.04. The monoisotopic (exact) mass is 263 g/mol. The number of hydrogen-bond donors (Lipinski definition) is 1. The molecule has 0 aliphatic rings. The van der Waals surface area contributed by atoms with Crippen molar-refractivity contribution in [2.45, 2.75) is 65.8 Å². The van der Waals surface area contributed by atoms with Crippen LogP contribution in [-0.4, -0.2) is 22.6 Å². The molecule has 0 saturated heterocycles. The Kier molecular flexibility index (Phi) is 6.43. The summed E-state index contributed by atoms with van der Waals surface area (Å²) in [7, 11) is 0. The van der Waals surface area contributed by atoms with Crippen molar-refractivity contribution in [3.05, 3.63) is 23.8 Å². The van der Waals surface area contributed by atoms with Crippen LogP contribution in [-0.2, 0) is 0 Å². The van der Waals surface area contributed by atoms with Crippen molar-refractivity contribution in [3.63, 3.8) is 0 Å².